The second kappa shape index (κ2) is 6.29. The van der Waals surface area contributed by atoms with Gasteiger partial charge in [0.05, 0.1) is 0 Å². The van der Waals surface area contributed by atoms with Crippen molar-refractivity contribution in [1.29, 1.82) is 0 Å². The molecule has 1 heterocycles. The fourth-order valence-corrected chi connectivity index (χ4v) is 3.24. The normalized spacial score (nSPS) is 22.5. The highest BCUT2D eigenvalue weighted by Crippen LogP contribution is 2.32. The molecule has 1 saturated heterocycles. The molecule has 0 unspecified atom stereocenters. The van der Waals surface area contributed by atoms with Crippen LogP contribution < -0.4 is 5.73 Å². The third-order valence-electron chi connectivity index (χ3n) is 4.22. The highest BCUT2D eigenvalue weighted by Gasteiger charge is 2.33. The number of benzene rings is 1. The van der Waals surface area contributed by atoms with Crippen molar-refractivity contribution in [2.75, 3.05) is 13.1 Å². The van der Waals surface area contributed by atoms with Gasteiger partial charge in [0.1, 0.15) is 5.60 Å². The number of nitrogens with two attached hydrogens (primary N) is 1. The molecule has 22 heavy (non-hydrogen) atoms. The van der Waals surface area contributed by atoms with Crippen molar-refractivity contribution in [2.24, 2.45) is 5.73 Å². The van der Waals surface area contributed by atoms with Gasteiger partial charge in [-0.2, -0.15) is 0 Å². The van der Waals surface area contributed by atoms with Crippen LogP contribution >= 0.6 is 0 Å². The van der Waals surface area contributed by atoms with Gasteiger partial charge in [-0.1, -0.05) is 18.2 Å². The van der Waals surface area contributed by atoms with Crippen molar-refractivity contribution in [2.45, 2.75) is 58.6 Å². The number of hydrogen-bond acceptors (Lipinski definition) is 3. The van der Waals surface area contributed by atoms with E-state index in [9.17, 15) is 4.79 Å². The summed E-state index contributed by atoms with van der Waals surface area (Å²) in [4.78, 5) is 13.9. The van der Waals surface area contributed by atoms with Gasteiger partial charge in [0, 0.05) is 25.0 Å². The third-order valence-corrected chi connectivity index (χ3v) is 4.22. The molecule has 1 amide bonds. The first-order valence-electron chi connectivity index (χ1n) is 7.98. The summed E-state index contributed by atoms with van der Waals surface area (Å²) in [6.45, 7) is 11.2. The maximum atomic E-state index is 12.2. The zero-order valence-corrected chi connectivity index (χ0v) is 14.3. The largest absolute Gasteiger partial charge is 0.444 e. The minimum absolute atomic E-state index is 0.0546. The molecule has 0 aromatic heterocycles. The van der Waals surface area contributed by atoms with Crippen LogP contribution in [0.5, 0.6) is 0 Å². The van der Waals surface area contributed by atoms with E-state index in [2.05, 4.69) is 32.0 Å². The Balaban J connectivity index is 2.09. The molecule has 1 aromatic rings. The van der Waals surface area contributed by atoms with Crippen molar-refractivity contribution >= 4 is 6.09 Å². The van der Waals surface area contributed by atoms with Gasteiger partial charge in [-0.05, 0) is 57.7 Å². The van der Waals surface area contributed by atoms with Crippen LogP contribution in [-0.2, 0) is 4.74 Å². The van der Waals surface area contributed by atoms with Gasteiger partial charge in [0.2, 0.25) is 0 Å². The molecule has 122 valence electrons. The van der Waals surface area contributed by atoms with Crippen LogP contribution in [0, 0.1) is 13.8 Å². The van der Waals surface area contributed by atoms with E-state index in [0.717, 1.165) is 6.42 Å². The molecular formula is C18H28N2O2. The zero-order chi connectivity index (χ0) is 16.5. The molecule has 1 fully saturated rings. The van der Waals surface area contributed by atoms with Crippen molar-refractivity contribution in [3.63, 3.8) is 0 Å². The average molecular weight is 304 g/mol. The summed E-state index contributed by atoms with van der Waals surface area (Å²) in [6, 6.07) is 6.29. The first kappa shape index (κ1) is 16.8. The Morgan fingerprint density at radius 2 is 1.86 bits per heavy atom. The highest BCUT2D eigenvalue weighted by molar-refractivity contribution is 5.68. The summed E-state index contributed by atoms with van der Waals surface area (Å²) in [7, 11) is 0. The average Bonchev–Trinajstić information content (AvgIpc) is 2.38. The van der Waals surface area contributed by atoms with Crippen molar-refractivity contribution < 1.29 is 9.53 Å². The van der Waals surface area contributed by atoms with Gasteiger partial charge in [-0.3, -0.25) is 0 Å². The van der Waals surface area contributed by atoms with E-state index in [0.29, 0.717) is 19.0 Å². The summed E-state index contributed by atoms with van der Waals surface area (Å²) in [5, 5.41) is 0. The zero-order valence-electron chi connectivity index (χ0n) is 14.3. The van der Waals surface area contributed by atoms with Crippen LogP contribution in [0.4, 0.5) is 4.79 Å². The maximum absolute atomic E-state index is 12.2. The Bertz CT molecular complexity index is 528. The standard InChI is InChI=1S/C18H28N2O2/c1-12-7-6-8-13(2)16(12)14-9-10-20(11-15(14)19)17(21)22-18(3,4)5/h6-8,14-15H,9-11,19H2,1-5H3/t14-,15+/m1/s1. The second-order valence-electron chi connectivity index (χ2n) is 7.29. The molecule has 0 aliphatic carbocycles. The van der Waals surface area contributed by atoms with E-state index < -0.39 is 5.60 Å². The molecular weight excluding hydrogens is 276 g/mol. The molecule has 4 nitrogen and oxygen atoms in total. The van der Waals surface area contributed by atoms with Gasteiger partial charge in [0.15, 0.2) is 0 Å². The van der Waals surface area contributed by atoms with Gasteiger partial charge in [-0.15, -0.1) is 0 Å². The summed E-state index contributed by atoms with van der Waals surface area (Å²) in [6.07, 6.45) is 0.620. The van der Waals surface area contributed by atoms with Crippen molar-refractivity contribution in [3.05, 3.63) is 34.9 Å². The van der Waals surface area contributed by atoms with Gasteiger partial charge in [0.25, 0.3) is 0 Å². The molecule has 1 aliphatic rings. The van der Waals surface area contributed by atoms with Gasteiger partial charge < -0.3 is 15.4 Å². The topological polar surface area (TPSA) is 55.6 Å². The van der Waals surface area contributed by atoms with E-state index in [-0.39, 0.29) is 12.1 Å². The van der Waals surface area contributed by atoms with Crippen molar-refractivity contribution in [3.8, 4) is 0 Å². The second-order valence-corrected chi connectivity index (χ2v) is 7.29. The number of carbonyl (C=O) groups is 1. The number of carbonyl (C=O) groups excluding carboxylic acids is 1. The summed E-state index contributed by atoms with van der Waals surface area (Å²) in [5.41, 5.74) is 9.84. The molecule has 0 radical (unpaired) electrons. The number of nitrogens with zero attached hydrogens (tertiary/aromatic N) is 1. The SMILES string of the molecule is Cc1cccc(C)c1[C@@H]1CCN(C(=O)OC(C)(C)C)C[C@@H]1N. The monoisotopic (exact) mass is 304 g/mol. The van der Waals surface area contributed by atoms with Crippen LogP contribution in [0.15, 0.2) is 18.2 Å². The van der Waals surface area contributed by atoms with Crippen LogP contribution in [0.1, 0.15) is 49.8 Å². The Morgan fingerprint density at radius 1 is 1.27 bits per heavy atom. The molecule has 0 bridgehead atoms. The Labute approximate surface area is 133 Å². The molecule has 2 N–H and O–H groups in total. The molecule has 4 heteroatoms. The van der Waals surface area contributed by atoms with E-state index >= 15 is 0 Å². The molecule has 0 spiro atoms. The Kier molecular flexibility index (Phi) is 4.81. The molecule has 1 aliphatic heterocycles. The first-order valence-corrected chi connectivity index (χ1v) is 7.98. The highest BCUT2D eigenvalue weighted by atomic mass is 16.6. The van der Waals surface area contributed by atoms with E-state index in [4.69, 9.17) is 10.5 Å². The van der Waals surface area contributed by atoms with Crippen molar-refractivity contribution in [1.82, 2.24) is 4.90 Å². The van der Waals surface area contributed by atoms with Gasteiger partial charge in [-0.25, -0.2) is 4.79 Å². The number of amides is 1. The molecule has 2 atom stereocenters. The van der Waals surface area contributed by atoms with Crippen LogP contribution in [0.25, 0.3) is 0 Å². The molecule has 1 aromatic carbocycles. The number of hydrogen-bond donors (Lipinski definition) is 1. The maximum Gasteiger partial charge on any atom is 0.410 e. The quantitative estimate of drug-likeness (QED) is 0.865. The minimum Gasteiger partial charge on any atom is -0.444 e. The lowest BCUT2D eigenvalue weighted by atomic mass is 9.81. The van der Waals surface area contributed by atoms with Gasteiger partial charge >= 0.3 is 6.09 Å². The number of aryl methyl sites for hydroxylation is 2. The Morgan fingerprint density at radius 3 is 2.36 bits per heavy atom. The fraction of sp³-hybridized carbons (Fsp3) is 0.611. The molecule has 2 rings (SSSR count). The lowest BCUT2D eigenvalue weighted by Gasteiger charge is -2.38. The fourth-order valence-electron chi connectivity index (χ4n) is 3.24. The first-order chi connectivity index (χ1) is 10.2. The predicted octanol–water partition coefficient (Wildman–Crippen LogP) is 3.36. The minimum atomic E-state index is -0.468. The van der Waals surface area contributed by atoms with E-state index in [1.54, 1.807) is 4.90 Å². The van der Waals surface area contributed by atoms with Crippen LogP contribution in [0.2, 0.25) is 0 Å². The van der Waals surface area contributed by atoms with Crippen LogP contribution in [-0.4, -0.2) is 35.7 Å². The van der Waals surface area contributed by atoms with E-state index in [1.165, 1.54) is 16.7 Å². The third kappa shape index (κ3) is 3.80. The Hall–Kier alpha value is -1.55. The number of likely N-dealkylation sites (tertiary alicyclic amines) is 1. The molecule has 0 saturated carbocycles. The number of rotatable bonds is 1. The predicted molar refractivity (Wildman–Crippen MR) is 89.1 cm³/mol. The smallest absolute Gasteiger partial charge is 0.410 e. The van der Waals surface area contributed by atoms with E-state index in [1.807, 2.05) is 20.8 Å². The lowest BCUT2D eigenvalue weighted by Crippen LogP contribution is -2.51. The lowest BCUT2D eigenvalue weighted by molar-refractivity contribution is 0.0186. The summed E-state index contributed by atoms with van der Waals surface area (Å²) in [5.74, 6) is 0.305. The summed E-state index contributed by atoms with van der Waals surface area (Å²) < 4.78 is 5.45. The number of ether oxygens (including phenoxy) is 1. The summed E-state index contributed by atoms with van der Waals surface area (Å²) >= 11 is 0. The van der Waals surface area contributed by atoms with Crippen LogP contribution in [0.3, 0.4) is 0 Å². The number of piperidine rings is 1.